The van der Waals surface area contributed by atoms with Gasteiger partial charge in [-0.1, -0.05) is 18.2 Å². The van der Waals surface area contributed by atoms with Crippen molar-refractivity contribution < 1.29 is 9.59 Å². The van der Waals surface area contributed by atoms with Gasteiger partial charge in [-0.15, -0.1) is 11.3 Å². The number of nitrogens with two attached hydrogens (primary N) is 1. The minimum atomic E-state index is -0.455. The van der Waals surface area contributed by atoms with Gasteiger partial charge in [0, 0.05) is 5.69 Å². The molecule has 0 aliphatic carbocycles. The summed E-state index contributed by atoms with van der Waals surface area (Å²) in [6.45, 7) is 1.74. The van der Waals surface area contributed by atoms with Crippen molar-refractivity contribution >= 4 is 28.8 Å². The molecule has 2 rings (SSSR count). The molecule has 0 saturated carbocycles. The number of anilines is 1. The summed E-state index contributed by atoms with van der Waals surface area (Å²) in [7, 11) is 0. The first-order valence-corrected chi connectivity index (χ1v) is 6.49. The summed E-state index contributed by atoms with van der Waals surface area (Å²) in [5.74, 6) is -0.680. The van der Waals surface area contributed by atoms with E-state index in [1.165, 1.54) is 11.3 Å². The Bertz CT molecular complexity index is 608. The molecule has 0 saturated heterocycles. The number of hydrogen-bond acceptors (Lipinski definition) is 4. The molecule has 19 heavy (non-hydrogen) atoms. The van der Waals surface area contributed by atoms with Crippen molar-refractivity contribution in [3.05, 3.63) is 45.9 Å². The summed E-state index contributed by atoms with van der Waals surface area (Å²) >= 11 is 1.19. The van der Waals surface area contributed by atoms with E-state index in [0.29, 0.717) is 15.6 Å². The molecule has 3 N–H and O–H groups in total. The molecule has 0 aliphatic heterocycles. The number of carbonyl (C=O) groups excluding carboxylic acids is 2. The SMILES string of the molecule is Cc1nc(CC(N)=O)sc1C(=O)Nc1ccccc1. The number of hydrogen-bond donors (Lipinski definition) is 2. The number of aromatic nitrogens is 1. The van der Waals surface area contributed by atoms with Gasteiger partial charge >= 0.3 is 0 Å². The van der Waals surface area contributed by atoms with Crippen LogP contribution in [-0.4, -0.2) is 16.8 Å². The Hall–Kier alpha value is -2.21. The molecule has 5 nitrogen and oxygen atoms in total. The number of amides is 2. The van der Waals surface area contributed by atoms with Crippen LogP contribution < -0.4 is 11.1 Å². The number of rotatable bonds is 4. The zero-order chi connectivity index (χ0) is 13.8. The predicted octanol–water partition coefficient (Wildman–Crippen LogP) is 1.73. The average molecular weight is 275 g/mol. The van der Waals surface area contributed by atoms with Crippen molar-refractivity contribution in [2.45, 2.75) is 13.3 Å². The second-order valence-electron chi connectivity index (χ2n) is 3.99. The molecule has 2 aromatic rings. The third kappa shape index (κ3) is 3.38. The van der Waals surface area contributed by atoms with Gasteiger partial charge in [0.2, 0.25) is 5.91 Å². The summed E-state index contributed by atoms with van der Waals surface area (Å²) in [6, 6.07) is 9.16. The Labute approximate surface area is 114 Å². The minimum Gasteiger partial charge on any atom is -0.369 e. The number of para-hydroxylation sites is 1. The number of carbonyl (C=O) groups is 2. The van der Waals surface area contributed by atoms with E-state index < -0.39 is 5.91 Å². The molecule has 98 valence electrons. The number of benzene rings is 1. The van der Waals surface area contributed by atoms with E-state index in [9.17, 15) is 9.59 Å². The van der Waals surface area contributed by atoms with Gasteiger partial charge in [-0.25, -0.2) is 4.98 Å². The summed E-state index contributed by atoms with van der Waals surface area (Å²) < 4.78 is 0. The quantitative estimate of drug-likeness (QED) is 0.891. The Balaban J connectivity index is 2.15. The highest BCUT2D eigenvalue weighted by atomic mass is 32.1. The van der Waals surface area contributed by atoms with Gasteiger partial charge in [0.25, 0.3) is 5.91 Å². The van der Waals surface area contributed by atoms with E-state index in [2.05, 4.69) is 10.3 Å². The lowest BCUT2D eigenvalue weighted by Gasteiger charge is -2.02. The molecule has 0 atom stereocenters. The molecule has 0 radical (unpaired) electrons. The van der Waals surface area contributed by atoms with Gasteiger partial charge in [0.05, 0.1) is 12.1 Å². The van der Waals surface area contributed by atoms with Gasteiger partial charge in [0.15, 0.2) is 0 Å². The van der Waals surface area contributed by atoms with Crippen molar-refractivity contribution in [2.75, 3.05) is 5.32 Å². The topological polar surface area (TPSA) is 85.1 Å². The summed E-state index contributed by atoms with van der Waals surface area (Å²) in [6.07, 6.45) is 0.0596. The van der Waals surface area contributed by atoms with Gasteiger partial charge in [-0.2, -0.15) is 0 Å². The first-order valence-electron chi connectivity index (χ1n) is 5.67. The van der Waals surface area contributed by atoms with Gasteiger partial charge < -0.3 is 11.1 Å². The van der Waals surface area contributed by atoms with Crippen LogP contribution >= 0.6 is 11.3 Å². The molecule has 0 fully saturated rings. The van der Waals surface area contributed by atoms with E-state index in [1.807, 2.05) is 18.2 Å². The highest BCUT2D eigenvalue weighted by Crippen LogP contribution is 2.20. The number of nitrogens with one attached hydrogen (secondary N) is 1. The summed E-state index contributed by atoms with van der Waals surface area (Å²) in [5, 5.41) is 3.34. The maximum absolute atomic E-state index is 12.1. The van der Waals surface area contributed by atoms with E-state index >= 15 is 0 Å². The van der Waals surface area contributed by atoms with Crippen LogP contribution in [0.3, 0.4) is 0 Å². The van der Waals surface area contributed by atoms with Crippen LogP contribution in [0, 0.1) is 6.92 Å². The van der Waals surface area contributed by atoms with Crippen LogP contribution in [0.5, 0.6) is 0 Å². The fourth-order valence-corrected chi connectivity index (χ4v) is 2.57. The Kier molecular flexibility index (Phi) is 3.91. The van der Waals surface area contributed by atoms with E-state index in [1.54, 1.807) is 19.1 Å². The van der Waals surface area contributed by atoms with Gasteiger partial charge in [0.1, 0.15) is 9.88 Å². The zero-order valence-electron chi connectivity index (χ0n) is 10.3. The third-order valence-electron chi connectivity index (χ3n) is 2.40. The zero-order valence-corrected chi connectivity index (χ0v) is 11.2. The molecule has 6 heteroatoms. The van der Waals surface area contributed by atoms with Gasteiger partial charge in [-0.3, -0.25) is 9.59 Å². The first kappa shape index (κ1) is 13.2. The normalized spacial score (nSPS) is 10.2. The van der Waals surface area contributed by atoms with Crippen LogP contribution in [0.25, 0.3) is 0 Å². The Morgan fingerprint density at radius 2 is 2.00 bits per heavy atom. The van der Waals surface area contributed by atoms with Crippen molar-refractivity contribution in [2.24, 2.45) is 5.73 Å². The highest BCUT2D eigenvalue weighted by Gasteiger charge is 2.16. The molecule has 0 aliphatic rings. The van der Waals surface area contributed by atoms with Crippen LogP contribution in [0.15, 0.2) is 30.3 Å². The fourth-order valence-electron chi connectivity index (χ4n) is 1.60. The standard InChI is InChI=1S/C13H13N3O2S/c1-8-12(19-11(15-8)7-10(14)17)13(18)16-9-5-3-2-4-6-9/h2-6H,7H2,1H3,(H2,14,17)(H,16,18). The fraction of sp³-hybridized carbons (Fsp3) is 0.154. The van der Waals surface area contributed by atoms with Crippen molar-refractivity contribution in [3.63, 3.8) is 0 Å². The van der Waals surface area contributed by atoms with Crippen molar-refractivity contribution in [3.8, 4) is 0 Å². The number of thiazole rings is 1. The highest BCUT2D eigenvalue weighted by molar-refractivity contribution is 7.14. The number of primary amides is 1. The molecular formula is C13H13N3O2S. The smallest absolute Gasteiger partial charge is 0.267 e. The average Bonchev–Trinajstić information content (AvgIpc) is 2.70. The van der Waals surface area contributed by atoms with Crippen LogP contribution in [0.4, 0.5) is 5.69 Å². The lowest BCUT2D eigenvalue weighted by Crippen LogP contribution is -2.13. The molecule has 0 unspecified atom stereocenters. The largest absolute Gasteiger partial charge is 0.369 e. The minimum absolute atomic E-state index is 0.0596. The van der Waals surface area contributed by atoms with Gasteiger partial charge in [-0.05, 0) is 19.1 Å². The molecule has 1 aromatic heterocycles. The maximum atomic E-state index is 12.1. The van der Waals surface area contributed by atoms with Crippen molar-refractivity contribution in [1.29, 1.82) is 0 Å². The lowest BCUT2D eigenvalue weighted by atomic mass is 10.3. The summed E-state index contributed by atoms with van der Waals surface area (Å²) in [4.78, 5) is 27.6. The molecule has 2 amide bonds. The third-order valence-corrected chi connectivity index (χ3v) is 3.56. The maximum Gasteiger partial charge on any atom is 0.267 e. The molecule has 0 bridgehead atoms. The summed E-state index contributed by atoms with van der Waals surface area (Å²) in [5.41, 5.74) is 6.44. The Morgan fingerprint density at radius 3 is 2.63 bits per heavy atom. The van der Waals surface area contributed by atoms with Crippen LogP contribution in [-0.2, 0) is 11.2 Å². The van der Waals surface area contributed by atoms with E-state index in [-0.39, 0.29) is 12.3 Å². The molecule has 0 spiro atoms. The second kappa shape index (κ2) is 5.62. The molecular weight excluding hydrogens is 262 g/mol. The number of nitrogens with zero attached hydrogens (tertiary/aromatic N) is 1. The second-order valence-corrected chi connectivity index (χ2v) is 5.07. The molecule has 1 aromatic carbocycles. The first-order chi connectivity index (χ1) is 9.06. The lowest BCUT2D eigenvalue weighted by molar-refractivity contribution is -0.117. The molecule has 1 heterocycles. The monoisotopic (exact) mass is 275 g/mol. The van der Waals surface area contributed by atoms with Crippen LogP contribution in [0.1, 0.15) is 20.4 Å². The van der Waals surface area contributed by atoms with E-state index in [4.69, 9.17) is 5.73 Å². The predicted molar refractivity (Wildman–Crippen MR) is 74.1 cm³/mol. The van der Waals surface area contributed by atoms with E-state index in [0.717, 1.165) is 5.69 Å². The Morgan fingerprint density at radius 1 is 1.32 bits per heavy atom. The van der Waals surface area contributed by atoms with Crippen molar-refractivity contribution in [1.82, 2.24) is 4.98 Å². The number of aryl methyl sites for hydroxylation is 1. The van der Waals surface area contributed by atoms with Crippen LogP contribution in [0.2, 0.25) is 0 Å².